The molecule has 7 atom stereocenters. The molecular formula is C37H44N6O7. The second-order valence-electron chi connectivity index (χ2n) is 13.1. The molecule has 264 valence electrons. The number of aromatic nitrogens is 3. The predicted molar refractivity (Wildman–Crippen MR) is 183 cm³/mol. The lowest BCUT2D eigenvalue weighted by Gasteiger charge is -2.39. The van der Waals surface area contributed by atoms with Crippen LogP contribution in [0.15, 0.2) is 79.9 Å². The maximum Gasteiger partial charge on any atom is 0.313 e. The number of aliphatic hydroxyl groups excluding tert-OH is 1. The van der Waals surface area contributed by atoms with Crippen LogP contribution in [0.3, 0.4) is 0 Å². The van der Waals surface area contributed by atoms with Gasteiger partial charge in [0, 0.05) is 13.0 Å². The fraction of sp³-hybridized carbons (Fsp3) is 0.459. The molecule has 1 spiro atoms. The molecule has 3 saturated heterocycles. The van der Waals surface area contributed by atoms with Gasteiger partial charge in [0.25, 0.3) is 0 Å². The monoisotopic (exact) mass is 684 g/mol. The molecule has 2 aromatic carbocycles. The van der Waals surface area contributed by atoms with E-state index in [2.05, 4.69) is 28.8 Å². The number of aliphatic hydroxyl groups is 1. The zero-order valence-electron chi connectivity index (χ0n) is 28.2. The van der Waals surface area contributed by atoms with Crippen LogP contribution in [0, 0.1) is 11.8 Å². The van der Waals surface area contributed by atoms with Gasteiger partial charge in [0.1, 0.15) is 29.9 Å². The van der Waals surface area contributed by atoms with Crippen LogP contribution in [0.5, 0.6) is 0 Å². The molecule has 2 N–H and O–H groups in total. The van der Waals surface area contributed by atoms with Crippen LogP contribution in [-0.2, 0) is 35.3 Å². The molecule has 4 heterocycles. The average molecular weight is 685 g/mol. The van der Waals surface area contributed by atoms with Gasteiger partial charge in [-0.2, -0.15) is 0 Å². The van der Waals surface area contributed by atoms with Gasteiger partial charge in [-0.25, -0.2) is 4.68 Å². The first-order valence-electron chi connectivity index (χ1n) is 17.2. The van der Waals surface area contributed by atoms with E-state index in [9.17, 15) is 24.3 Å². The maximum atomic E-state index is 14.8. The summed E-state index contributed by atoms with van der Waals surface area (Å²) in [7, 11) is 0. The molecule has 0 aliphatic carbocycles. The Balaban J connectivity index is 1.31. The van der Waals surface area contributed by atoms with E-state index in [4.69, 9.17) is 9.47 Å². The van der Waals surface area contributed by atoms with Gasteiger partial charge in [-0.05, 0) is 43.4 Å². The van der Waals surface area contributed by atoms with Crippen molar-refractivity contribution < 1.29 is 33.8 Å². The molecule has 3 aliphatic heterocycles. The largest absolute Gasteiger partial charge is 0.455 e. The SMILES string of the molecule is C=CCCC(=O)NC[C@H](OC(=O)[C@@H]1[C@@H]2CC[C@]3(O2)[C@H](C(=O)N(CC=C)Cn2nnc4ccccc42)N([C@@H](CC)CO)C(=O)[C@@H]13)c1ccccc1. The first-order valence-corrected chi connectivity index (χ1v) is 17.2. The van der Waals surface area contributed by atoms with Crippen molar-refractivity contribution in [3.63, 3.8) is 0 Å². The Hall–Kier alpha value is -4.88. The van der Waals surface area contributed by atoms with Gasteiger partial charge in [-0.1, -0.05) is 66.8 Å². The molecule has 0 radical (unpaired) electrons. The minimum absolute atomic E-state index is 0.0345. The van der Waals surface area contributed by atoms with Crippen LogP contribution < -0.4 is 5.32 Å². The number of nitrogens with one attached hydrogen (secondary N) is 1. The summed E-state index contributed by atoms with van der Waals surface area (Å²) in [4.78, 5) is 59.0. The van der Waals surface area contributed by atoms with E-state index in [-0.39, 0.29) is 38.7 Å². The highest BCUT2D eigenvalue weighted by atomic mass is 16.6. The molecule has 3 aromatic rings. The minimum Gasteiger partial charge on any atom is -0.455 e. The van der Waals surface area contributed by atoms with Crippen molar-refractivity contribution in [2.75, 3.05) is 19.7 Å². The van der Waals surface area contributed by atoms with Gasteiger partial charge in [-0.15, -0.1) is 18.3 Å². The quantitative estimate of drug-likeness (QED) is 0.171. The Bertz CT molecular complexity index is 1740. The van der Waals surface area contributed by atoms with Gasteiger partial charge in [0.05, 0.1) is 42.6 Å². The number of benzene rings is 2. The molecule has 3 aliphatic rings. The van der Waals surface area contributed by atoms with Gasteiger partial charge in [0.15, 0.2) is 0 Å². The van der Waals surface area contributed by atoms with Crippen LogP contribution in [-0.4, -0.2) is 97.1 Å². The number of amides is 3. The highest BCUT2D eigenvalue weighted by Gasteiger charge is 2.75. The number of nitrogens with zero attached hydrogens (tertiary/aromatic N) is 5. The zero-order valence-corrected chi connectivity index (χ0v) is 28.2. The zero-order chi connectivity index (χ0) is 35.4. The molecule has 0 saturated carbocycles. The fourth-order valence-corrected chi connectivity index (χ4v) is 7.82. The van der Waals surface area contributed by atoms with Crippen molar-refractivity contribution in [3.05, 3.63) is 85.5 Å². The third-order valence-corrected chi connectivity index (χ3v) is 10.2. The molecule has 1 aromatic heterocycles. The maximum absolute atomic E-state index is 14.8. The van der Waals surface area contributed by atoms with Crippen molar-refractivity contribution in [3.8, 4) is 0 Å². The van der Waals surface area contributed by atoms with Gasteiger partial charge < -0.3 is 29.7 Å². The van der Waals surface area contributed by atoms with Crippen molar-refractivity contribution in [2.24, 2.45) is 11.8 Å². The van der Waals surface area contributed by atoms with E-state index >= 15 is 0 Å². The molecule has 3 fully saturated rings. The smallest absolute Gasteiger partial charge is 0.313 e. The number of hydrogen-bond acceptors (Lipinski definition) is 9. The summed E-state index contributed by atoms with van der Waals surface area (Å²) in [5, 5.41) is 21.8. The predicted octanol–water partition coefficient (Wildman–Crippen LogP) is 2.92. The number of carbonyl (C=O) groups is 4. The van der Waals surface area contributed by atoms with Crippen LogP contribution >= 0.6 is 0 Å². The lowest BCUT2D eigenvalue weighted by Crippen LogP contribution is -2.58. The van der Waals surface area contributed by atoms with Crippen LogP contribution in [0.2, 0.25) is 0 Å². The Morgan fingerprint density at radius 3 is 2.64 bits per heavy atom. The van der Waals surface area contributed by atoms with Crippen LogP contribution in [0.1, 0.15) is 50.7 Å². The summed E-state index contributed by atoms with van der Waals surface area (Å²) >= 11 is 0. The Morgan fingerprint density at radius 2 is 1.92 bits per heavy atom. The van der Waals surface area contributed by atoms with Gasteiger partial charge in [-0.3, -0.25) is 19.2 Å². The molecular weight excluding hydrogens is 640 g/mol. The standard InChI is InChI=1S/C37H44N6O7/c1-4-7-17-30(45)38-21-29(24-13-9-8-10-14-24)49-36(48)31-28-18-19-37(50-28)32(31)34(46)43(25(6-3)22-44)33(37)35(47)41(20-5-2)23-42-27-16-12-11-15-26(27)39-40-42/h4-5,8-16,25,28-29,31-33,44H,1-2,6-7,17-23H2,3H3,(H,38,45)/t25-,28-,29-,31+,32+,33-,37+/m0/s1. The molecule has 3 amide bonds. The Kier molecular flexibility index (Phi) is 10.4. The fourth-order valence-electron chi connectivity index (χ4n) is 7.82. The van der Waals surface area contributed by atoms with E-state index in [0.29, 0.717) is 36.8 Å². The van der Waals surface area contributed by atoms with E-state index in [0.717, 1.165) is 5.52 Å². The number of rotatable bonds is 16. The lowest BCUT2D eigenvalue weighted by molar-refractivity contribution is -0.161. The number of likely N-dealkylation sites (tertiary alicyclic amines) is 1. The number of para-hydroxylation sites is 1. The van der Waals surface area contributed by atoms with Crippen molar-refractivity contribution in [1.29, 1.82) is 0 Å². The van der Waals surface area contributed by atoms with Crippen LogP contribution in [0.4, 0.5) is 0 Å². The van der Waals surface area contributed by atoms with Crippen molar-refractivity contribution >= 4 is 34.7 Å². The number of carbonyl (C=O) groups excluding carboxylic acids is 4. The molecule has 6 rings (SSSR count). The minimum atomic E-state index is -1.31. The second kappa shape index (κ2) is 14.9. The van der Waals surface area contributed by atoms with Crippen molar-refractivity contribution in [2.45, 2.75) is 75.6 Å². The Morgan fingerprint density at radius 1 is 1.16 bits per heavy atom. The highest BCUT2D eigenvalue weighted by Crippen LogP contribution is 2.59. The molecule has 2 bridgehead atoms. The third kappa shape index (κ3) is 6.31. The number of allylic oxidation sites excluding steroid dienone is 1. The first-order chi connectivity index (χ1) is 24.3. The Labute approximate surface area is 290 Å². The van der Waals surface area contributed by atoms with E-state index in [1.165, 1.54) is 4.90 Å². The number of fused-ring (bicyclic) bond motifs is 2. The first kappa shape index (κ1) is 35.0. The number of esters is 1. The molecule has 13 heteroatoms. The summed E-state index contributed by atoms with van der Waals surface area (Å²) in [6.45, 7) is 9.20. The summed E-state index contributed by atoms with van der Waals surface area (Å²) < 4.78 is 14.4. The topological polar surface area (TPSA) is 156 Å². The third-order valence-electron chi connectivity index (χ3n) is 10.2. The van der Waals surface area contributed by atoms with Gasteiger partial charge >= 0.3 is 5.97 Å². The number of ether oxygens (including phenoxy) is 2. The summed E-state index contributed by atoms with van der Waals surface area (Å²) in [5.74, 6) is -3.64. The summed E-state index contributed by atoms with van der Waals surface area (Å²) in [5.41, 5.74) is 0.779. The summed E-state index contributed by atoms with van der Waals surface area (Å²) in [6.07, 6.45) is 3.76. The highest BCUT2D eigenvalue weighted by molar-refractivity contribution is 5.98. The van der Waals surface area contributed by atoms with Gasteiger partial charge in [0.2, 0.25) is 17.7 Å². The number of hydrogen-bond donors (Lipinski definition) is 2. The second-order valence-corrected chi connectivity index (χ2v) is 13.1. The normalized spacial score (nSPS) is 24.8. The van der Waals surface area contributed by atoms with E-state index in [1.807, 2.05) is 61.5 Å². The van der Waals surface area contributed by atoms with Crippen LogP contribution in [0.25, 0.3) is 11.0 Å². The molecule has 0 unspecified atom stereocenters. The molecule has 13 nitrogen and oxygen atoms in total. The van der Waals surface area contributed by atoms with E-state index in [1.54, 1.807) is 21.7 Å². The summed E-state index contributed by atoms with van der Waals surface area (Å²) in [6, 6.07) is 14.7. The van der Waals surface area contributed by atoms with E-state index < -0.39 is 59.5 Å². The van der Waals surface area contributed by atoms with Crippen molar-refractivity contribution in [1.82, 2.24) is 30.1 Å². The average Bonchev–Trinajstić information content (AvgIpc) is 3.89. The molecule has 50 heavy (non-hydrogen) atoms. The lowest BCUT2D eigenvalue weighted by atomic mass is 9.70.